The summed E-state index contributed by atoms with van der Waals surface area (Å²) in [6.45, 7) is 0. The molecular weight excluding hydrogens is 94.0 g/mol. The van der Waals surface area contributed by atoms with Crippen LogP contribution in [0.2, 0.25) is 0 Å². The van der Waals surface area contributed by atoms with Crippen molar-refractivity contribution < 1.29 is 9.53 Å². The number of aliphatic imine (C=N–C) groups is 1. The number of carbonyl (C=O) groups is 1. The number of hydrogen-bond acceptors (Lipinski definition) is 3. The molecule has 0 atom stereocenters. The highest BCUT2D eigenvalue weighted by atomic mass is 16.5. The SMILES string of the molecule is O=C1C=[N+]C=CO1. The van der Waals surface area contributed by atoms with Gasteiger partial charge in [0.2, 0.25) is 0 Å². The summed E-state index contributed by atoms with van der Waals surface area (Å²) in [5.74, 6) is -0.414. The van der Waals surface area contributed by atoms with Crippen LogP contribution >= 0.6 is 0 Å². The molecule has 3 heteroatoms. The number of rotatable bonds is 0. The maximum atomic E-state index is 10.0. The molecule has 3 nitrogen and oxygen atoms in total. The van der Waals surface area contributed by atoms with Crippen molar-refractivity contribution in [2.24, 2.45) is 0 Å². The van der Waals surface area contributed by atoms with E-state index in [1.54, 1.807) is 0 Å². The molecule has 35 valence electrons. The molecule has 7 heavy (non-hydrogen) atoms. The van der Waals surface area contributed by atoms with E-state index in [-0.39, 0.29) is 0 Å². The van der Waals surface area contributed by atoms with Crippen LogP contribution in [0, 0.1) is 0 Å². The predicted octanol–water partition coefficient (Wildman–Crippen LogP) is -0.579. The van der Waals surface area contributed by atoms with Gasteiger partial charge in [-0.15, -0.1) is 0 Å². The molecule has 1 heterocycles. The molecule has 0 aliphatic carbocycles. The van der Waals surface area contributed by atoms with Crippen LogP contribution in [0.15, 0.2) is 12.5 Å². The van der Waals surface area contributed by atoms with Crippen molar-refractivity contribution in [3.05, 3.63) is 12.5 Å². The highest BCUT2D eigenvalue weighted by molar-refractivity contribution is 6.23. The third-order valence-corrected chi connectivity index (χ3v) is 0.511. The Morgan fingerprint density at radius 3 is 2.86 bits per heavy atom. The molecular formula is C4H3NO2+. The molecule has 0 saturated heterocycles. The lowest BCUT2D eigenvalue weighted by Crippen LogP contribution is -2.07. The van der Waals surface area contributed by atoms with Crippen LogP contribution in [-0.2, 0) is 9.53 Å². The molecule has 1 aliphatic rings. The maximum absolute atomic E-state index is 10.0. The van der Waals surface area contributed by atoms with Crippen molar-refractivity contribution in [3.8, 4) is 0 Å². The fourth-order valence-corrected chi connectivity index (χ4v) is 0.267. The van der Waals surface area contributed by atoms with Gasteiger partial charge in [-0.1, -0.05) is 0 Å². The number of nitrogens with zero attached hydrogens (tertiary/aromatic N) is 1. The number of ether oxygens (including phenoxy) is 1. The number of cyclic esters (lactones) is 1. The van der Waals surface area contributed by atoms with Gasteiger partial charge in [-0.25, -0.2) is 4.79 Å². The molecule has 0 fully saturated rings. The molecule has 0 amide bonds. The van der Waals surface area contributed by atoms with Gasteiger partial charge < -0.3 is 4.74 Å². The van der Waals surface area contributed by atoms with Gasteiger partial charge in [-0.2, -0.15) is 0 Å². The van der Waals surface area contributed by atoms with E-state index in [0.717, 1.165) is 6.21 Å². The zero-order valence-corrected chi connectivity index (χ0v) is 3.50. The van der Waals surface area contributed by atoms with Gasteiger partial charge in [0, 0.05) is 0 Å². The molecule has 0 unspecified atom stereocenters. The third-order valence-electron chi connectivity index (χ3n) is 0.511. The minimum absolute atomic E-state index is 0.414. The van der Waals surface area contributed by atoms with Crippen molar-refractivity contribution in [1.82, 2.24) is 4.99 Å². The highest BCUT2D eigenvalue weighted by Gasteiger charge is 2.05. The fourth-order valence-electron chi connectivity index (χ4n) is 0.267. The molecule has 1 rings (SSSR count). The maximum Gasteiger partial charge on any atom is 0.407 e. The van der Waals surface area contributed by atoms with Gasteiger partial charge in [-0.05, 0) is 0 Å². The Kier molecular flexibility index (Phi) is 0.898. The van der Waals surface area contributed by atoms with Crippen LogP contribution in [0.3, 0.4) is 0 Å². The molecule has 0 N–H and O–H groups in total. The van der Waals surface area contributed by atoms with Gasteiger partial charge in [0.05, 0.1) is 4.99 Å². The minimum atomic E-state index is -0.414. The summed E-state index contributed by atoms with van der Waals surface area (Å²) in [5, 5.41) is 0. The van der Waals surface area contributed by atoms with Gasteiger partial charge in [0.15, 0.2) is 6.26 Å². The molecule has 0 aromatic rings. The van der Waals surface area contributed by atoms with Crippen LogP contribution in [0.4, 0.5) is 0 Å². The van der Waals surface area contributed by atoms with Crippen LogP contribution in [-0.4, -0.2) is 12.2 Å². The Labute approximate surface area is 40.3 Å². The minimum Gasteiger partial charge on any atom is -0.420 e. The summed E-state index contributed by atoms with van der Waals surface area (Å²) in [6.07, 6.45) is 3.75. The topological polar surface area (TPSA) is 40.4 Å². The monoisotopic (exact) mass is 97.0 g/mol. The molecule has 1 radical (unpaired) electrons. The van der Waals surface area contributed by atoms with E-state index in [0.29, 0.717) is 0 Å². The first-order chi connectivity index (χ1) is 3.39. The van der Waals surface area contributed by atoms with Crippen LogP contribution in [0.25, 0.3) is 0 Å². The smallest absolute Gasteiger partial charge is 0.407 e. The van der Waals surface area contributed by atoms with Crippen molar-refractivity contribution >= 4 is 12.2 Å². The second kappa shape index (κ2) is 1.55. The van der Waals surface area contributed by atoms with E-state index in [2.05, 4.69) is 9.73 Å². The normalized spacial score (nSPS) is 16.9. The lowest BCUT2D eigenvalue weighted by atomic mass is 10.7. The lowest BCUT2D eigenvalue weighted by molar-refractivity contribution is -0.130. The quantitative estimate of drug-likeness (QED) is 0.379. The molecule has 1 aliphatic heterocycles. The summed E-state index contributed by atoms with van der Waals surface area (Å²) in [7, 11) is 0. The number of esters is 1. The standard InChI is InChI=1S/C4H3NO2/c6-4-3-5-1-2-7-4/h1-3H/q+1. The number of carbonyl (C=O) groups excluding carboxylic acids is 1. The summed E-state index contributed by atoms with van der Waals surface area (Å²) in [5.41, 5.74) is 0. The van der Waals surface area contributed by atoms with Crippen molar-refractivity contribution in [2.45, 2.75) is 0 Å². The van der Waals surface area contributed by atoms with E-state index in [4.69, 9.17) is 0 Å². The summed E-state index contributed by atoms with van der Waals surface area (Å²) in [6, 6.07) is 0. The number of hydrogen-bond donors (Lipinski definition) is 0. The summed E-state index contributed by atoms with van der Waals surface area (Å²) in [4.78, 5) is 13.5. The van der Waals surface area contributed by atoms with Gasteiger partial charge >= 0.3 is 12.2 Å². The molecule has 0 spiro atoms. The Hall–Kier alpha value is -1.12. The zero-order valence-electron chi connectivity index (χ0n) is 3.50. The zero-order chi connectivity index (χ0) is 5.11. The van der Waals surface area contributed by atoms with Crippen molar-refractivity contribution in [2.75, 3.05) is 0 Å². The van der Waals surface area contributed by atoms with E-state index < -0.39 is 5.97 Å². The molecule has 0 saturated carbocycles. The van der Waals surface area contributed by atoms with E-state index >= 15 is 0 Å². The predicted molar refractivity (Wildman–Crippen MR) is 23.4 cm³/mol. The van der Waals surface area contributed by atoms with Crippen LogP contribution < -0.4 is 4.99 Å². The Bertz CT molecular complexity index is 137. The summed E-state index contributed by atoms with van der Waals surface area (Å²) < 4.78 is 4.31. The summed E-state index contributed by atoms with van der Waals surface area (Å²) >= 11 is 0. The van der Waals surface area contributed by atoms with Crippen molar-refractivity contribution in [3.63, 3.8) is 0 Å². The third kappa shape index (κ3) is 0.855. The van der Waals surface area contributed by atoms with E-state index in [1.807, 2.05) is 0 Å². The van der Waals surface area contributed by atoms with Crippen LogP contribution in [0.5, 0.6) is 0 Å². The van der Waals surface area contributed by atoms with Crippen molar-refractivity contribution in [1.29, 1.82) is 0 Å². The van der Waals surface area contributed by atoms with E-state index in [1.165, 1.54) is 12.5 Å². The van der Waals surface area contributed by atoms with Gasteiger partial charge in [-0.3, -0.25) is 0 Å². The first-order valence-electron chi connectivity index (χ1n) is 1.78. The second-order valence-corrected chi connectivity index (χ2v) is 1.00. The van der Waals surface area contributed by atoms with E-state index in [9.17, 15) is 4.79 Å². The Morgan fingerprint density at radius 1 is 1.71 bits per heavy atom. The average molecular weight is 97.1 g/mol. The Morgan fingerprint density at radius 2 is 2.57 bits per heavy atom. The first kappa shape index (κ1) is 4.05. The van der Waals surface area contributed by atoms with Gasteiger partial charge in [0.25, 0.3) is 6.20 Å². The molecule has 0 bridgehead atoms. The molecule has 0 aromatic carbocycles. The largest absolute Gasteiger partial charge is 0.420 e. The lowest BCUT2D eigenvalue weighted by Gasteiger charge is -1.83. The second-order valence-electron chi connectivity index (χ2n) is 1.00. The average Bonchev–Trinajstić information content (AvgIpc) is 1.69. The highest BCUT2D eigenvalue weighted by Crippen LogP contribution is 1.78. The fraction of sp³-hybridized carbons (Fsp3) is 0. The first-order valence-corrected chi connectivity index (χ1v) is 1.78. The molecule has 0 aromatic heterocycles. The van der Waals surface area contributed by atoms with Gasteiger partial charge in [0.1, 0.15) is 0 Å². The van der Waals surface area contributed by atoms with Crippen LogP contribution in [0.1, 0.15) is 0 Å². The Balaban J connectivity index is 2.66.